The number of aryl methyl sites for hydroxylation is 1. The zero-order chi connectivity index (χ0) is 15.1. The molecule has 0 bridgehead atoms. The van der Waals surface area contributed by atoms with Gasteiger partial charge in [-0.25, -0.2) is 9.97 Å². The summed E-state index contributed by atoms with van der Waals surface area (Å²) < 4.78 is 0. The molecule has 0 aliphatic carbocycles. The van der Waals surface area contributed by atoms with Gasteiger partial charge in [0.15, 0.2) is 0 Å². The lowest BCUT2D eigenvalue weighted by Gasteiger charge is -2.10. The van der Waals surface area contributed by atoms with Crippen LogP contribution >= 0.6 is 0 Å². The smallest absolute Gasteiger partial charge is 0.270 e. The van der Waals surface area contributed by atoms with E-state index in [2.05, 4.69) is 40.2 Å². The van der Waals surface area contributed by atoms with Gasteiger partial charge in [0.05, 0.1) is 0 Å². The van der Waals surface area contributed by atoms with Crippen molar-refractivity contribution in [3.63, 3.8) is 0 Å². The molecule has 0 saturated carbocycles. The number of amides is 1. The second-order valence-electron chi connectivity index (χ2n) is 4.42. The number of nitrogens with one attached hydrogen (secondary N) is 2. The summed E-state index contributed by atoms with van der Waals surface area (Å²) in [5.74, 6) is 0.346. The van der Waals surface area contributed by atoms with Crippen molar-refractivity contribution < 1.29 is 4.79 Å². The third-order valence-corrected chi connectivity index (χ3v) is 2.97. The molecule has 0 fully saturated rings. The molecule has 1 aromatic heterocycles. The van der Waals surface area contributed by atoms with Gasteiger partial charge in [0.25, 0.3) is 5.91 Å². The van der Waals surface area contributed by atoms with Crippen LogP contribution in [0.3, 0.4) is 0 Å². The lowest BCUT2D eigenvalue weighted by molar-refractivity contribution is 0.0953. The Morgan fingerprint density at radius 3 is 2.90 bits per heavy atom. The van der Waals surface area contributed by atoms with Gasteiger partial charge in [0, 0.05) is 18.3 Å². The maximum atomic E-state index is 11.9. The van der Waals surface area contributed by atoms with Crippen LogP contribution in [-0.4, -0.2) is 22.4 Å². The van der Waals surface area contributed by atoms with E-state index in [0.29, 0.717) is 18.1 Å². The van der Waals surface area contributed by atoms with Gasteiger partial charge in [-0.05, 0) is 18.1 Å². The molecule has 0 spiro atoms. The Hall–Kier alpha value is -2.69. The van der Waals surface area contributed by atoms with E-state index in [-0.39, 0.29) is 5.91 Å². The van der Waals surface area contributed by atoms with Crippen LogP contribution in [0.25, 0.3) is 0 Å². The Morgan fingerprint density at radius 1 is 1.33 bits per heavy atom. The minimum atomic E-state index is -0.246. The van der Waals surface area contributed by atoms with Crippen molar-refractivity contribution in [2.75, 3.05) is 11.9 Å². The average molecular weight is 282 g/mol. The van der Waals surface area contributed by atoms with Crippen molar-refractivity contribution in [2.45, 2.75) is 13.3 Å². The second kappa shape index (κ2) is 7.19. The van der Waals surface area contributed by atoms with Gasteiger partial charge in [0.1, 0.15) is 17.8 Å². The highest BCUT2D eigenvalue weighted by molar-refractivity contribution is 5.93. The number of hydrogen-bond donors (Lipinski definition) is 2. The summed E-state index contributed by atoms with van der Waals surface area (Å²) in [5.41, 5.74) is 2.49. The minimum Gasteiger partial charge on any atom is -0.347 e. The van der Waals surface area contributed by atoms with Crippen molar-refractivity contribution in [2.24, 2.45) is 0 Å². The SMILES string of the molecule is C=CCNC(=O)c1cc(Nc2ccccc2CC)ncn1. The molecule has 0 saturated heterocycles. The molecule has 5 heteroatoms. The normalized spacial score (nSPS) is 9.95. The number of para-hydroxylation sites is 1. The third kappa shape index (κ3) is 3.89. The van der Waals surface area contributed by atoms with Crippen molar-refractivity contribution in [3.05, 3.63) is 60.6 Å². The first-order valence-electron chi connectivity index (χ1n) is 6.80. The third-order valence-electron chi connectivity index (χ3n) is 2.97. The first kappa shape index (κ1) is 14.7. The molecule has 108 valence electrons. The van der Waals surface area contributed by atoms with Crippen LogP contribution in [0.5, 0.6) is 0 Å². The molecule has 0 atom stereocenters. The molecule has 2 aromatic rings. The number of carbonyl (C=O) groups is 1. The molecule has 5 nitrogen and oxygen atoms in total. The Balaban J connectivity index is 2.17. The van der Waals surface area contributed by atoms with Crippen LogP contribution in [0.2, 0.25) is 0 Å². The number of aromatic nitrogens is 2. The molecule has 21 heavy (non-hydrogen) atoms. The van der Waals surface area contributed by atoms with E-state index in [9.17, 15) is 4.79 Å². The van der Waals surface area contributed by atoms with E-state index in [4.69, 9.17) is 0 Å². The van der Waals surface area contributed by atoms with E-state index in [1.807, 2.05) is 18.2 Å². The van der Waals surface area contributed by atoms with Crippen molar-refractivity contribution in [3.8, 4) is 0 Å². The molecule has 1 aromatic carbocycles. The van der Waals surface area contributed by atoms with E-state index in [1.165, 1.54) is 11.9 Å². The monoisotopic (exact) mass is 282 g/mol. The number of hydrogen-bond acceptors (Lipinski definition) is 4. The Morgan fingerprint density at radius 2 is 2.14 bits per heavy atom. The fraction of sp³-hybridized carbons (Fsp3) is 0.188. The first-order valence-corrected chi connectivity index (χ1v) is 6.80. The molecule has 0 unspecified atom stereocenters. The van der Waals surface area contributed by atoms with Gasteiger partial charge in [-0.3, -0.25) is 4.79 Å². The van der Waals surface area contributed by atoms with Gasteiger partial charge in [0.2, 0.25) is 0 Å². The Kier molecular flexibility index (Phi) is 5.04. The number of benzene rings is 1. The van der Waals surface area contributed by atoms with Gasteiger partial charge in [-0.1, -0.05) is 31.2 Å². The highest BCUT2D eigenvalue weighted by Gasteiger charge is 2.08. The Labute approximate surface area is 124 Å². The van der Waals surface area contributed by atoms with Gasteiger partial charge in [-0.15, -0.1) is 6.58 Å². The molecule has 1 heterocycles. The zero-order valence-electron chi connectivity index (χ0n) is 12.0. The summed E-state index contributed by atoms with van der Waals surface area (Å²) >= 11 is 0. The first-order chi connectivity index (χ1) is 10.2. The molecular weight excluding hydrogens is 264 g/mol. The van der Waals surface area contributed by atoms with Gasteiger partial charge >= 0.3 is 0 Å². The largest absolute Gasteiger partial charge is 0.347 e. The molecule has 2 rings (SSSR count). The lowest BCUT2D eigenvalue weighted by Crippen LogP contribution is -2.24. The van der Waals surface area contributed by atoms with Gasteiger partial charge < -0.3 is 10.6 Å². The van der Waals surface area contributed by atoms with Crippen LogP contribution < -0.4 is 10.6 Å². The number of rotatable bonds is 6. The minimum absolute atomic E-state index is 0.246. The fourth-order valence-corrected chi connectivity index (χ4v) is 1.89. The summed E-state index contributed by atoms with van der Waals surface area (Å²) in [4.78, 5) is 20.0. The zero-order valence-corrected chi connectivity index (χ0v) is 12.0. The summed E-state index contributed by atoms with van der Waals surface area (Å²) in [7, 11) is 0. The van der Waals surface area contributed by atoms with E-state index < -0.39 is 0 Å². The Bertz CT molecular complexity index is 640. The summed E-state index contributed by atoms with van der Waals surface area (Å²) in [6, 6.07) is 9.63. The number of anilines is 2. The predicted octanol–water partition coefficient (Wildman–Crippen LogP) is 2.70. The van der Waals surface area contributed by atoms with Crippen LogP contribution in [0.4, 0.5) is 11.5 Å². The maximum absolute atomic E-state index is 11.9. The van der Waals surface area contributed by atoms with E-state index in [0.717, 1.165) is 12.1 Å². The van der Waals surface area contributed by atoms with E-state index >= 15 is 0 Å². The van der Waals surface area contributed by atoms with Crippen molar-refractivity contribution >= 4 is 17.4 Å². The van der Waals surface area contributed by atoms with Crippen molar-refractivity contribution in [1.29, 1.82) is 0 Å². The fourth-order valence-electron chi connectivity index (χ4n) is 1.89. The molecule has 0 aliphatic heterocycles. The lowest BCUT2D eigenvalue weighted by atomic mass is 10.1. The average Bonchev–Trinajstić information content (AvgIpc) is 2.53. The standard InChI is InChI=1S/C16H18N4O/c1-3-9-17-16(21)14-10-15(19-11-18-14)20-13-8-6-5-7-12(13)4-2/h3,5-8,10-11H,1,4,9H2,2H3,(H,17,21)(H,18,19,20). The number of carbonyl (C=O) groups excluding carboxylic acids is 1. The van der Waals surface area contributed by atoms with Gasteiger partial charge in [-0.2, -0.15) is 0 Å². The molecule has 0 aliphatic rings. The topological polar surface area (TPSA) is 66.9 Å². The quantitative estimate of drug-likeness (QED) is 0.799. The summed E-state index contributed by atoms with van der Waals surface area (Å²) in [6.45, 7) is 6.06. The van der Waals surface area contributed by atoms with Crippen molar-refractivity contribution in [1.82, 2.24) is 15.3 Å². The summed E-state index contributed by atoms with van der Waals surface area (Å²) in [5, 5.41) is 5.91. The number of nitrogens with zero attached hydrogens (tertiary/aromatic N) is 2. The predicted molar refractivity (Wildman–Crippen MR) is 83.7 cm³/mol. The molecule has 2 N–H and O–H groups in total. The van der Waals surface area contributed by atoms with Crippen LogP contribution in [0.15, 0.2) is 49.3 Å². The van der Waals surface area contributed by atoms with Crippen LogP contribution in [0.1, 0.15) is 23.0 Å². The van der Waals surface area contributed by atoms with Crippen LogP contribution in [0, 0.1) is 0 Å². The highest BCUT2D eigenvalue weighted by atomic mass is 16.1. The van der Waals surface area contributed by atoms with Crippen LogP contribution in [-0.2, 0) is 6.42 Å². The maximum Gasteiger partial charge on any atom is 0.270 e. The summed E-state index contributed by atoms with van der Waals surface area (Å²) in [6.07, 6.45) is 3.91. The second-order valence-corrected chi connectivity index (χ2v) is 4.42. The molecule has 0 radical (unpaired) electrons. The highest BCUT2D eigenvalue weighted by Crippen LogP contribution is 2.19. The molecular formula is C16H18N4O. The van der Waals surface area contributed by atoms with E-state index in [1.54, 1.807) is 12.1 Å². The molecule has 1 amide bonds.